The van der Waals surface area contributed by atoms with Gasteiger partial charge in [-0.2, -0.15) is 0 Å². The maximum absolute atomic E-state index is 12.4. The van der Waals surface area contributed by atoms with E-state index in [-0.39, 0.29) is 23.7 Å². The van der Waals surface area contributed by atoms with Crippen LogP contribution in [0.1, 0.15) is 18.9 Å². The van der Waals surface area contributed by atoms with Crippen LogP contribution in [-0.2, 0) is 16.0 Å². The Kier molecular flexibility index (Phi) is 4.86. The minimum atomic E-state index is -0.296. The van der Waals surface area contributed by atoms with Crippen LogP contribution in [0.2, 0.25) is 5.02 Å². The van der Waals surface area contributed by atoms with Gasteiger partial charge in [0.1, 0.15) is 0 Å². The molecule has 2 N–H and O–H groups in total. The van der Waals surface area contributed by atoms with Gasteiger partial charge in [-0.25, -0.2) is 0 Å². The zero-order valence-electron chi connectivity index (χ0n) is 13.4. The summed E-state index contributed by atoms with van der Waals surface area (Å²) in [5.41, 5.74) is 2.48. The fourth-order valence-electron chi connectivity index (χ4n) is 2.74. The Morgan fingerprint density at radius 2 is 1.50 bits per heavy atom. The summed E-state index contributed by atoms with van der Waals surface area (Å²) in [5, 5.41) is 6.22. The average Bonchev–Trinajstić information content (AvgIpc) is 3.38. The highest BCUT2D eigenvalue weighted by Gasteiger charge is 2.48. The van der Waals surface area contributed by atoms with Crippen molar-refractivity contribution in [2.75, 3.05) is 10.6 Å². The van der Waals surface area contributed by atoms with Crippen molar-refractivity contribution in [1.29, 1.82) is 0 Å². The summed E-state index contributed by atoms with van der Waals surface area (Å²) in [6.07, 6.45) is 1.41. The van der Waals surface area contributed by atoms with E-state index < -0.39 is 0 Å². The van der Waals surface area contributed by atoms with Gasteiger partial charge in [-0.1, -0.05) is 48.9 Å². The first-order chi connectivity index (χ1) is 11.6. The number of aryl methyl sites for hydroxylation is 1. The van der Waals surface area contributed by atoms with Gasteiger partial charge >= 0.3 is 0 Å². The lowest BCUT2D eigenvalue weighted by Crippen LogP contribution is -2.21. The molecule has 0 aliphatic heterocycles. The van der Waals surface area contributed by atoms with Gasteiger partial charge in [0.2, 0.25) is 11.8 Å². The molecule has 24 heavy (non-hydrogen) atoms. The number of carbonyl (C=O) groups excluding carboxylic acids is 2. The molecule has 0 aromatic heterocycles. The third kappa shape index (κ3) is 3.60. The molecule has 4 nitrogen and oxygen atoms in total. The Bertz CT molecular complexity index is 775. The molecular formula is C19H19ClN2O2. The van der Waals surface area contributed by atoms with Crippen molar-refractivity contribution in [2.45, 2.75) is 19.8 Å². The Hall–Kier alpha value is -2.33. The van der Waals surface area contributed by atoms with E-state index in [9.17, 15) is 9.59 Å². The molecule has 3 rings (SSSR count). The second-order valence-corrected chi connectivity index (χ2v) is 6.32. The van der Waals surface area contributed by atoms with Crippen molar-refractivity contribution in [3.05, 3.63) is 59.1 Å². The van der Waals surface area contributed by atoms with Gasteiger partial charge in [0.25, 0.3) is 0 Å². The second kappa shape index (κ2) is 7.05. The Labute approximate surface area is 146 Å². The lowest BCUT2D eigenvalue weighted by Gasteiger charge is -2.10. The molecule has 0 heterocycles. The Morgan fingerprint density at radius 1 is 0.958 bits per heavy atom. The fraction of sp³-hybridized carbons (Fsp3) is 0.263. The zero-order valence-corrected chi connectivity index (χ0v) is 14.1. The highest BCUT2D eigenvalue weighted by atomic mass is 35.5. The summed E-state index contributed by atoms with van der Waals surface area (Å²) in [6, 6.07) is 14.8. The average molecular weight is 343 g/mol. The van der Waals surface area contributed by atoms with E-state index >= 15 is 0 Å². The standard InChI is InChI=1S/C19H19ClN2O2/c1-2-12-7-3-5-9-16(12)21-18(23)13-11-14(13)19(24)22-17-10-6-4-8-15(17)20/h3-10,13-14H,2,11H2,1H3,(H,21,23)(H,22,24). The lowest BCUT2D eigenvalue weighted by atomic mass is 10.1. The van der Waals surface area contributed by atoms with Crippen LogP contribution in [0.15, 0.2) is 48.5 Å². The molecule has 1 aliphatic rings. The van der Waals surface area contributed by atoms with Crippen molar-refractivity contribution >= 4 is 34.8 Å². The molecule has 1 fully saturated rings. The van der Waals surface area contributed by atoms with Crippen LogP contribution in [0.4, 0.5) is 11.4 Å². The van der Waals surface area contributed by atoms with Crippen molar-refractivity contribution < 1.29 is 9.59 Å². The molecule has 2 aromatic carbocycles. The molecule has 0 bridgehead atoms. The first kappa shape index (κ1) is 16.5. The van der Waals surface area contributed by atoms with Crippen LogP contribution < -0.4 is 10.6 Å². The van der Waals surface area contributed by atoms with Gasteiger partial charge in [-0.3, -0.25) is 9.59 Å². The number of anilines is 2. The van der Waals surface area contributed by atoms with Gasteiger partial charge in [0.05, 0.1) is 22.5 Å². The number of hydrogen-bond donors (Lipinski definition) is 2. The molecule has 5 heteroatoms. The molecule has 2 atom stereocenters. The molecule has 2 unspecified atom stereocenters. The number of halogens is 1. The fourth-order valence-corrected chi connectivity index (χ4v) is 2.92. The van der Waals surface area contributed by atoms with E-state index in [1.54, 1.807) is 24.3 Å². The highest BCUT2D eigenvalue weighted by molar-refractivity contribution is 6.33. The van der Waals surface area contributed by atoms with Crippen LogP contribution in [0.3, 0.4) is 0 Å². The molecule has 1 saturated carbocycles. The molecular weight excluding hydrogens is 324 g/mol. The van der Waals surface area contributed by atoms with E-state index in [0.29, 0.717) is 17.1 Å². The highest BCUT2D eigenvalue weighted by Crippen LogP contribution is 2.40. The molecule has 0 saturated heterocycles. The number of rotatable bonds is 5. The van der Waals surface area contributed by atoms with Crippen LogP contribution in [0.25, 0.3) is 0 Å². The zero-order chi connectivity index (χ0) is 17.1. The van der Waals surface area contributed by atoms with Gasteiger partial charge in [-0.05, 0) is 36.6 Å². The quantitative estimate of drug-likeness (QED) is 0.858. The first-order valence-electron chi connectivity index (χ1n) is 8.04. The smallest absolute Gasteiger partial charge is 0.228 e. The molecule has 0 radical (unpaired) electrons. The SMILES string of the molecule is CCc1ccccc1NC(=O)C1CC1C(=O)Nc1ccccc1Cl. The van der Waals surface area contributed by atoms with Gasteiger partial charge in [0.15, 0.2) is 0 Å². The molecule has 2 aromatic rings. The van der Waals surface area contributed by atoms with Crippen molar-refractivity contribution in [1.82, 2.24) is 0 Å². The van der Waals surface area contributed by atoms with Crippen LogP contribution >= 0.6 is 11.6 Å². The third-order valence-corrected chi connectivity index (χ3v) is 4.58. The summed E-state index contributed by atoms with van der Waals surface area (Å²) in [6.45, 7) is 2.04. The van der Waals surface area contributed by atoms with E-state index in [1.807, 2.05) is 31.2 Å². The minimum Gasteiger partial charge on any atom is -0.326 e. The van der Waals surface area contributed by atoms with Crippen LogP contribution in [0.5, 0.6) is 0 Å². The van der Waals surface area contributed by atoms with E-state index in [1.165, 1.54) is 0 Å². The van der Waals surface area contributed by atoms with Crippen LogP contribution in [-0.4, -0.2) is 11.8 Å². The predicted octanol–water partition coefficient (Wildman–Crippen LogP) is 4.12. The van der Waals surface area contributed by atoms with Gasteiger partial charge in [-0.15, -0.1) is 0 Å². The minimum absolute atomic E-state index is 0.102. The normalized spacial score (nSPS) is 18.8. The Balaban J connectivity index is 1.59. The summed E-state index contributed by atoms with van der Waals surface area (Å²) in [4.78, 5) is 24.6. The molecule has 2 amide bonds. The van der Waals surface area contributed by atoms with Crippen molar-refractivity contribution in [3.8, 4) is 0 Å². The van der Waals surface area contributed by atoms with Gasteiger partial charge in [0, 0.05) is 5.69 Å². The number of benzene rings is 2. The summed E-state index contributed by atoms with van der Waals surface area (Å²) < 4.78 is 0. The maximum atomic E-state index is 12.4. The summed E-state index contributed by atoms with van der Waals surface area (Å²) in [5.74, 6) is -0.838. The summed E-state index contributed by atoms with van der Waals surface area (Å²) >= 11 is 6.04. The summed E-state index contributed by atoms with van der Waals surface area (Å²) in [7, 11) is 0. The number of carbonyl (C=O) groups is 2. The lowest BCUT2D eigenvalue weighted by molar-refractivity contribution is -0.122. The number of nitrogens with one attached hydrogen (secondary N) is 2. The van der Waals surface area contributed by atoms with E-state index in [0.717, 1.165) is 17.7 Å². The Morgan fingerprint density at radius 3 is 2.12 bits per heavy atom. The number of para-hydroxylation sites is 2. The molecule has 1 aliphatic carbocycles. The third-order valence-electron chi connectivity index (χ3n) is 4.25. The van der Waals surface area contributed by atoms with Gasteiger partial charge < -0.3 is 10.6 Å². The van der Waals surface area contributed by atoms with Crippen LogP contribution in [0, 0.1) is 11.8 Å². The monoisotopic (exact) mass is 342 g/mol. The maximum Gasteiger partial charge on any atom is 0.228 e. The van der Waals surface area contributed by atoms with E-state index in [2.05, 4.69) is 10.6 Å². The van der Waals surface area contributed by atoms with Crippen molar-refractivity contribution in [2.24, 2.45) is 11.8 Å². The topological polar surface area (TPSA) is 58.2 Å². The number of amides is 2. The van der Waals surface area contributed by atoms with E-state index in [4.69, 9.17) is 11.6 Å². The second-order valence-electron chi connectivity index (χ2n) is 5.92. The largest absolute Gasteiger partial charge is 0.326 e. The molecule has 124 valence electrons. The number of hydrogen-bond acceptors (Lipinski definition) is 2. The van der Waals surface area contributed by atoms with Crippen molar-refractivity contribution in [3.63, 3.8) is 0 Å². The molecule has 0 spiro atoms. The first-order valence-corrected chi connectivity index (χ1v) is 8.42. The predicted molar refractivity (Wildman–Crippen MR) is 96.1 cm³/mol.